The first-order valence-electron chi connectivity index (χ1n) is 15.3. The zero-order valence-corrected chi connectivity index (χ0v) is 27.0. The lowest BCUT2D eigenvalue weighted by atomic mass is 9.96. The van der Waals surface area contributed by atoms with Crippen LogP contribution in [-0.4, -0.2) is 0 Å². The second-order valence-electron chi connectivity index (χ2n) is 11.8. The number of hydrogen-bond acceptors (Lipinski definition) is 2. The van der Waals surface area contributed by atoms with Crippen molar-refractivity contribution in [2.45, 2.75) is 24.7 Å². The Kier molecular flexibility index (Phi) is 10.5. The fourth-order valence-electron chi connectivity index (χ4n) is 5.31. The van der Waals surface area contributed by atoms with E-state index in [-0.39, 0.29) is 45.5 Å². The van der Waals surface area contributed by atoms with Crippen molar-refractivity contribution in [1.29, 1.82) is 10.5 Å². The van der Waals surface area contributed by atoms with E-state index in [1.54, 1.807) is 24.3 Å². The van der Waals surface area contributed by atoms with Crippen molar-refractivity contribution in [1.82, 2.24) is 0 Å². The number of alkyl halides is 12. The van der Waals surface area contributed by atoms with Crippen LogP contribution in [0.2, 0.25) is 0 Å². The minimum Gasteiger partial charge on any atom is -0.192 e. The number of allylic oxidation sites excluding steroid dienone is 2. The minimum atomic E-state index is -5.02. The summed E-state index contributed by atoms with van der Waals surface area (Å²) in [5.41, 5.74) is -4.49. The van der Waals surface area contributed by atoms with Gasteiger partial charge in [0.25, 0.3) is 0 Å². The van der Waals surface area contributed by atoms with E-state index in [0.717, 1.165) is 0 Å². The van der Waals surface area contributed by atoms with Gasteiger partial charge in [0.05, 0.1) is 45.5 Å². The van der Waals surface area contributed by atoms with Crippen LogP contribution in [0, 0.1) is 22.7 Å². The molecule has 2 nitrogen and oxygen atoms in total. The van der Waals surface area contributed by atoms with Crippen molar-refractivity contribution >= 4 is 23.3 Å². The van der Waals surface area contributed by atoms with Gasteiger partial charge < -0.3 is 0 Å². The van der Waals surface area contributed by atoms with Gasteiger partial charge in [-0.1, -0.05) is 72.8 Å². The molecule has 0 aliphatic heterocycles. The zero-order valence-electron chi connectivity index (χ0n) is 27.0. The molecule has 0 amide bonds. The molecule has 274 valence electrons. The predicted octanol–water partition coefficient (Wildman–Crippen LogP) is 13.2. The van der Waals surface area contributed by atoms with Crippen LogP contribution in [0.5, 0.6) is 0 Å². The van der Waals surface area contributed by atoms with Crippen LogP contribution in [0.15, 0.2) is 109 Å². The topological polar surface area (TPSA) is 47.6 Å². The second-order valence-corrected chi connectivity index (χ2v) is 11.8. The molecule has 54 heavy (non-hydrogen) atoms. The Labute approximate surface area is 299 Å². The largest absolute Gasteiger partial charge is 0.416 e. The van der Waals surface area contributed by atoms with Crippen LogP contribution in [0.1, 0.15) is 44.5 Å². The number of nitrogens with zero attached hydrogens (tertiary/aromatic N) is 2. The SMILES string of the molecule is N#C/C(=C\c1ccc(/C=C(\C#N)c2ccc(-c3cc(C(F)(F)F)cc(C(F)(F)F)c3)cc2)cc1)c1ccc(-c2cc(C(F)(F)F)cc(C(F)(F)F)c2)cc1. The highest BCUT2D eigenvalue weighted by Crippen LogP contribution is 2.40. The summed E-state index contributed by atoms with van der Waals surface area (Å²) in [5.74, 6) is 0. The molecule has 0 bridgehead atoms. The van der Waals surface area contributed by atoms with Gasteiger partial charge in [-0.3, -0.25) is 0 Å². The fourth-order valence-corrected chi connectivity index (χ4v) is 5.31. The molecular formula is C40H20F12N2. The molecule has 0 aliphatic rings. The normalized spacial score (nSPS) is 13.0. The highest BCUT2D eigenvalue weighted by molar-refractivity contribution is 5.92. The standard InChI is InChI=1S/C40H20F12N2/c41-37(42,43)33-15-29(16-34(19-33)38(44,45)46)25-5-9-27(10-6-25)31(21-53)13-23-1-2-24(4-3-23)14-32(22-54)28-11-7-26(8-12-28)30-17-35(39(47,48)49)20-36(18-30)40(50,51)52/h1-20H/b31-13+,32-14+. The molecule has 0 radical (unpaired) electrons. The van der Waals surface area contributed by atoms with E-state index in [0.29, 0.717) is 46.5 Å². The van der Waals surface area contributed by atoms with Crippen molar-refractivity contribution in [2.75, 3.05) is 0 Å². The average molecular weight is 757 g/mol. The molecule has 0 saturated carbocycles. The molecule has 0 unspecified atom stereocenters. The number of rotatable bonds is 6. The summed E-state index contributed by atoms with van der Waals surface area (Å²) < 4.78 is 160. The van der Waals surface area contributed by atoms with E-state index in [2.05, 4.69) is 0 Å². The quantitative estimate of drug-likeness (QED) is 0.0984. The molecule has 0 atom stereocenters. The third-order valence-electron chi connectivity index (χ3n) is 8.03. The molecule has 0 aromatic heterocycles. The third-order valence-corrected chi connectivity index (χ3v) is 8.03. The first-order chi connectivity index (χ1) is 25.1. The maximum Gasteiger partial charge on any atom is 0.416 e. The van der Waals surface area contributed by atoms with Crippen molar-refractivity contribution in [2.24, 2.45) is 0 Å². The maximum absolute atomic E-state index is 13.3. The van der Waals surface area contributed by atoms with Gasteiger partial charge in [0.1, 0.15) is 0 Å². The molecule has 0 N–H and O–H groups in total. The third kappa shape index (κ3) is 9.19. The van der Waals surface area contributed by atoms with E-state index in [1.165, 1.54) is 60.7 Å². The van der Waals surface area contributed by atoms with E-state index in [4.69, 9.17) is 0 Å². The molecule has 0 heterocycles. The maximum atomic E-state index is 13.3. The summed E-state index contributed by atoms with van der Waals surface area (Å²) in [4.78, 5) is 0. The lowest BCUT2D eigenvalue weighted by Gasteiger charge is -2.14. The molecule has 0 aliphatic carbocycles. The number of benzene rings is 5. The van der Waals surface area contributed by atoms with Gasteiger partial charge in [0.15, 0.2) is 0 Å². The highest BCUT2D eigenvalue weighted by atomic mass is 19.4. The summed E-state index contributed by atoms with van der Waals surface area (Å²) in [7, 11) is 0. The van der Waals surface area contributed by atoms with Gasteiger partial charge in [-0.15, -0.1) is 0 Å². The van der Waals surface area contributed by atoms with Crippen LogP contribution in [-0.2, 0) is 24.7 Å². The number of hydrogen-bond donors (Lipinski definition) is 0. The summed E-state index contributed by atoms with van der Waals surface area (Å²) in [6.45, 7) is 0. The summed E-state index contributed by atoms with van der Waals surface area (Å²) in [6.07, 6.45) is -17.1. The van der Waals surface area contributed by atoms with Gasteiger partial charge in [0, 0.05) is 0 Å². The van der Waals surface area contributed by atoms with Crippen LogP contribution in [0.25, 0.3) is 45.6 Å². The van der Waals surface area contributed by atoms with Crippen molar-refractivity contribution in [3.05, 3.63) is 154 Å². The second kappa shape index (κ2) is 14.6. The van der Waals surface area contributed by atoms with Gasteiger partial charge in [-0.2, -0.15) is 63.2 Å². The highest BCUT2D eigenvalue weighted by Gasteiger charge is 2.38. The van der Waals surface area contributed by atoms with Crippen molar-refractivity contribution in [3.63, 3.8) is 0 Å². The Morgan fingerprint density at radius 3 is 0.852 bits per heavy atom. The summed E-state index contributed by atoms with van der Waals surface area (Å²) >= 11 is 0. The van der Waals surface area contributed by atoms with E-state index in [9.17, 15) is 63.2 Å². The van der Waals surface area contributed by atoms with E-state index >= 15 is 0 Å². The predicted molar refractivity (Wildman–Crippen MR) is 177 cm³/mol. The van der Waals surface area contributed by atoms with Crippen LogP contribution in [0.3, 0.4) is 0 Å². The lowest BCUT2D eigenvalue weighted by molar-refractivity contribution is -0.144. The summed E-state index contributed by atoms with van der Waals surface area (Å²) in [5, 5.41) is 19.6. The van der Waals surface area contributed by atoms with E-state index < -0.39 is 47.0 Å². The van der Waals surface area contributed by atoms with Gasteiger partial charge >= 0.3 is 24.7 Å². The van der Waals surface area contributed by atoms with Crippen LogP contribution < -0.4 is 0 Å². The van der Waals surface area contributed by atoms with Gasteiger partial charge in [-0.05, 0) is 93.1 Å². The molecule has 0 saturated heterocycles. The number of halogens is 12. The fraction of sp³-hybridized carbons (Fsp3) is 0.100. The van der Waals surface area contributed by atoms with Crippen LogP contribution >= 0.6 is 0 Å². The molecule has 0 fully saturated rings. The first kappa shape index (κ1) is 38.9. The van der Waals surface area contributed by atoms with Gasteiger partial charge in [0.2, 0.25) is 0 Å². The minimum absolute atomic E-state index is 0.0295. The Bertz CT molecular complexity index is 2080. The molecule has 5 aromatic rings. The lowest BCUT2D eigenvalue weighted by Crippen LogP contribution is -2.11. The molecule has 5 aromatic carbocycles. The zero-order chi connectivity index (χ0) is 39.6. The summed E-state index contributed by atoms with van der Waals surface area (Å²) in [6, 6.07) is 23.5. The molecule has 0 spiro atoms. The molecule has 5 rings (SSSR count). The van der Waals surface area contributed by atoms with Crippen LogP contribution in [0.4, 0.5) is 52.7 Å². The molecule has 14 heteroatoms. The van der Waals surface area contributed by atoms with Gasteiger partial charge in [-0.25, -0.2) is 0 Å². The Balaban J connectivity index is 1.36. The average Bonchev–Trinajstić information content (AvgIpc) is 3.12. The van der Waals surface area contributed by atoms with Crippen molar-refractivity contribution in [3.8, 4) is 34.4 Å². The Hall–Kier alpha value is -6.28. The monoisotopic (exact) mass is 756 g/mol. The van der Waals surface area contributed by atoms with Crippen molar-refractivity contribution < 1.29 is 52.7 Å². The smallest absolute Gasteiger partial charge is 0.192 e. The first-order valence-corrected chi connectivity index (χ1v) is 15.3. The molecular weight excluding hydrogens is 736 g/mol. The number of nitriles is 2. The Morgan fingerprint density at radius 1 is 0.370 bits per heavy atom. The Morgan fingerprint density at radius 2 is 0.630 bits per heavy atom. The van der Waals surface area contributed by atoms with E-state index in [1.807, 2.05) is 12.1 Å².